The molecule has 1 atom stereocenters. The molecule has 28 heavy (non-hydrogen) atoms. The summed E-state index contributed by atoms with van der Waals surface area (Å²) in [6, 6.07) is 14.5. The van der Waals surface area contributed by atoms with Gasteiger partial charge in [-0.15, -0.1) is 0 Å². The number of carbonyl (C=O) groups is 1. The predicted molar refractivity (Wildman–Crippen MR) is 110 cm³/mol. The molecule has 1 unspecified atom stereocenters. The molecule has 0 saturated heterocycles. The van der Waals surface area contributed by atoms with Gasteiger partial charge < -0.3 is 19.9 Å². The van der Waals surface area contributed by atoms with Crippen LogP contribution >= 0.6 is 0 Å². The number of benzene rings is 2. The van der Waals surface area contributed by atoms with Gasteiger partial charge in [-0.05, 0) is 48.7 Å². The molecule has 5 rings (SSSR count). The van der Waals surface area contributed by atoms with Crippen molar-refractivity contribution in [3.63, 3.8) is 0 Å². The van der Waals surface area contributed by atoms with E-state index in [1.165, 1.54) is 33.4 Å². The van der Waals surface area contributed by atoms with E-state index in [2.05, 4.69) is 57.5 Å². The molecule has 144 valence electrons. The fraction of sp³-hybridized carbons (Fsp3) is 0.318. The number of para-hydroxylation sites is 1. The Morgan fingerprint density at radius 1 is 1.29 bits per heavy atom. The van der Waals surface area contributed by atoms with Crippen LogP contribution in [0.4, 0.5) is 10.5 Å². The number of ether oxygens (including phenoxy) is 1. The SMILES string of the molecule is CCNC(=O)Oc1ccc2c(c1)CN1CCc3c([nH]c4ccccc34)C1N2C. The van der Waals surface area contributed by atoms with Crippen LogP contribution in [0.3, 0.4) is 0 Å². The van der Waals surface area contributed by atoms with E-state index >= 15 is 0 Å². The summed E-state index contributed by atoms with van der Waals surface area (Å²) in [5.74, 6) is 0.583. The van der Waals surface area contributed by atoms with Crippen LogP contribution in [-0.2, 0) is 13.0 Å². The first-order valence-corrected chi connectivity index (χ1v) is 9.80. The highest BCUT2D eigenvalue weighted by Gasteiger charge is 2.37. The van der Waals surface area contributed by atoms with Crippen molar-refractivity contribution in [2.75, 3.05) is 25.0 Å². The van der Waals surface area contributed by atoms with E-state index < -0.39 is 6.09 Å². The number of rotatable bonds is 2. The van der Waals surface area contributed by atoms with Crippen LogP contribution in [0.15, 0.2) is 42.5 Å². The van der Waals surface area contributed by atoms with Crippen LogP contribution in [-0.4, -0.2) is 36.1 Å². The smallest absolute Gasteiger partial charge is 0.410 e. The number of H-pyrrole nitrogens is 1. The Hall–Kier alpha value is -2.99. The third-order valence-corrected chi connectivity index (χ3v) is 5.80. The summed E-state index contributed by atoms with van der Waals surface area (Å²) in [5, 5.41) is 4.00. The number of fused-ring (bicyclic) bond motifs is 6. The molecule has 6 heteroatoms. The van der Waals surface area contributed by atoms with E-state index in [1.807, 2.05) is 19.1 Å². The lowest BCUT2D eigenvalue weighted by atomic mass is 9.96. The molecule has 3 aromatic rings. The van der Waals surface area contributed by atoms with Gasteiger partial charge in [-0.2, -0.15) is 0 Å². The molecule has 0 radical (unpaired) electrons. The second kappa shape index (κ2) is 6.56. The van der Waals surface area contributed by atoms with E-state index in [1.54, 1.807) is 0 Å². The first kappa shape index (κ1) is 17.1. The monoisotopic (exact) mass is 376 g/mol. The number of aromatic nitrogens is 1. The zero-order chi connectivity index (χ0) is 19.3. The number of aromatic amines is 1. The largest absolute Gasteiger partial charge is 0.412 e. The Morgan fingerprint density at radius 2 is 2.14 bits per heavy atom. The maximum absolute atomic E-state index is 11.7. The number of amides is 1. The third kappa shape index (κ3) is 2.64. The molecule has 0 fully saturated rings. The molecule has 2 N–H and O–H groups in total. The zero-order valence-electron chi connectivity index (χ0n) is 16.2. The van der Waals surface area contributed by atoms with Crippen molar-refractivity contribution in [2.45, 2.75) is 26.1 Å². The Balaban J connectivity index is 1.50. The molecule has 0 bridgehead atoms. The van der Waals surface area contributed by atoms with Crippen molar-refractivity contribution in [1.29, 1.82) is 0 Å². The molecule has 0 aliphatic carbocycles. The van der Waals surface area contributed by atoms with Crippen LogP contribution in [0.1, 0.15) is 29.9 Å². The summed E-state index contributed by atoms with van der Waals surface area (Å²) in [4.78, 5) is 20.2. The average Bonchev–Trinajstić information content (AvgIpc) is 3.06. The lowest BCUT2D eigenvalue weighted by molar-refractivity contribution is 0.161. The van der Waals surface area contributed by atoms with Crippen LogP contribution in [0.2, 0.25) is 0 Å². The Kier molecular flexibility index (Phi) is 4.02. The van der Waals surface area contributed by atoms with Gasteiger partial charge in [0.2, 0.25) is 0 Å². The summed E-state index contributed by atoms with van der Waals surface area (Å²) in [5.41, 5.74) is 6.29. The predicted octanol–water partition coefficient (Wildman–Crippen LogP) is 3.78. The van der Waals surface area contributed by atoms with Crippen LogP contribution in [0.5, 0.6) is 5.75 Å². The minimum atomic E-state index is -0.412. The van der Waals surface area contributed by atoms with Gasteiger partial charge in [0.1, 0.15) is 11.9 Å². The third-order valence-electron chi connectivity index (χ3n) is 5.80. The minimum Gasteiger partial charge on any atom is -0.410 e. The van der Waals surface area contributed by atoms with Gasteiger partial charge in [-0.1, -0.05) is 18.2 Å². The maximum atomic E-state index is 11.7. The van der Waals surface area contributed by atoms with E-state index in [0.717, 1.165) is 19.5 Å². The maximum Gasteiger partial charge on any atom is 0.412 e. The molecule has 1 aromatic heterocycles. The highest BCUT2D eigenvalue weighted by molar-refractivity contribution is 5.85. The number of nitrogens with one attached hydrogen (secondary N) is 2. The first-order valence-electron chi connectivity index (χ1n) is 9.80. The summed E-state index contributed by atoms with van der Waals surface area (Å²) in [6.07, 6.45) is 0.817. The molecular weight excluding hydrogens is 352 g/mol. The molecule has 0 saturated carbocycles. The normalized spacial score (nSPS) is 18.4. The van der Waals surface area contributed by atoms with Crippen molar-refractivity contribution in [1.82, 2.24) is 15.2 Å². The Bertz CT molecular complexity index is 1060. The van der Waals surface area contributed by atoms with E-state index in [9.17, 15) is 4.79 Å². The quantitative estimate of drug-likeness (QED) is 0.715. The van der Waals surface area contributed by atoms with Crippen molar-refractivity contribution in [3.05, 3.63) is 59.3 Å². The van der Waals surface area contributed by atoms with Gasteiger partial charge in [-0.25, -0.2) is 4.79 Å². The van der Waals surface area contributed by atoms with Crippen LogP contribution < -0.4 is 15.0 Å². The lowest BCUT2D eigenvalue weighted by Crippen LogP contribution is -2.47. The van der Waals surface area contributed by atoms with Gasteiger partial charge in [0.15, 0.2) is 0 Å². The molecule has 1 amide bonds. The molecule has 0 spiro atoms. The van der Waals surface area contributed by atoms with Gasteiger partial charge in [-0.3, -0.25) is 4.90 Å². The number of carbonyl (C=O) groups excluding carboxylic acids is 1. The number of anilines is 1. The van der Waals surface area contributed by atoms with Crippen LogP contribution in [0.25, 0.3) is 10.9 Å². The van der Waals surface area contributed by atoms with Gasteiger partial charge in [0.25, 0.3) is 0 Å². The standard InChI is InChI=1S/C22H24N4O2/c1-3-23-22(27)28-15-8-9-19-14(12-15)13-26-11-10-17-16-6-4-5-7-18(16)24-20(17)21(26)25(19)2/h4-9,12,21,24H,3,10-11,13H2,1-2H3,(H,23,27). The highest BCUT2D eigenvalue weighted by atomic mass is 16.6. The lowest BCUT2D eigenvalue weighted by Gasteiger charge is -2.46. The van der Waals surface area contributed by atoms with Crippen molar-refractivity contribution < 1.29 is 9.53 Å². The van der Waals surface area contributed by atoms with E-state index in [-0.39, 0.29) is 6.17 Å². The van der Waals surface area contributed by atoms with Crippen molar-refractivity contribution in [2.24, 2.45) is 0 Å². The van der Waals surface area contributed by atoms with Crippen LogP contribution in [0, 0.1) is 0 Å². The zero-order valence-corrected chi connectivity index (χ0v) is 16.2. The van der Waals surface area contributed by atoms with Gasteiger partial charge >= 0.3 is 6.09 Å². The summed E-state index contributed by atoms with van der Waals surface area (Å²) < 4.78 is 5.40. The second-order valence-corrected chi connectivity index (χ2v) is 7.48. The van der Waals surface area contributed by atoms with Gasteiger partial charge in [0, 0.05) is 43.3 Å². The molecule has 3 heterocycles. The fourth-order valence-electron chi connectivity index (χ4n) is 4.61. The summed E-state index contributed by atoms with van der Waals surface area (Å²) >= 11 is 0. The molecule has 2 aromatic carbocycles. The highest BCUT2D eigenvalue weighted by Crippen LogP contribution is 2.43. The van der Waals surface area contributed by atoms with Gasteiger partial charge in [0.05, 0.1) is 5.69 Å². The summed E-state index contributed by atoms with van der Waals surface area (Å²) in [6.45, 7) is 4.27. The topological polar surface area (TPSA) is 60.6 Å². The number of hydrogen-bond acceptors (Lipinski definition) is 4. The van der Waals surface area contributed by atoms with E-state index in [0.29, 0.717) is 12.3 Å². The van der Waals surface area contributed by atoms with Crippen molar-refractivity contribution in [3.8, 4) is 5.75 Å². The second-order valence-electron chi connectivity index (χ2n) is 7.48. The molecule has 2 aliphatic rings. The first-order chi connectivity index (χ1) is 13.7. The minimum absolute atomic E-state index is 0.193. The number of hydrogen-bond donors (Lipinski definition) is 2. The molecular formula is C22H24N4O2. The number of nitrogens with zero attached hydrogens (tertiary/aromatic N) is 2. The molecule has 2 aliphatic heterocycles. The fourth-order valence-corrected chi connectivity index (χ4v) is 4.61. The summed E-state index contributed by atoms with van der Waals surface area (Å²) in [7, 11) is 2.14. The average molecular weight is 376 g/mol. The molecule has 6 nitrogen and oxygen atoms in total. The van der Waals surface area contributed by atoms with Crippen molar-refractivity contribution >= 4 is 22.7 Å². The van der Waals surface area contributed by atoms with E-state index in [4.69, 9.17) is 4.74 Å². The Morgan fingerprint density at radius 3 is 3.00 bits per heavy atom. The Labute approximate surface area is 164 Å².